The summed E-state index contributed by atoms with van der Waals surface area (Å²) in [7, 11) is 0. The van der Waals surface area contributed by atoms with Crippen molar-refractivity contribution >= 4 is 28.6 Å². The van der Waals surface area contributed by atoms with Crippen molar-refractivity contribution in [3.8, 4) is 6.07 Å². The van der Waals surface area contributed by atoms with Crippen LogP contribution in [0.5, 0.6) is 0 Å². The van der Waals surface area contributed by atoms with Crippen molar-refractivity contribution < 1.29 is 18.0 Å². The average molecular weight is 466 g/mol. The first-order valence-electron chi connectivity index (χ1n) is 10.4. The summed E-state index contributed by atoms with van der Waals surface area (Å²) in [6.07, 6.45) is 0.102. The molecule has 1 aromatic carbocycles. The number of thiophene rings is 1. The lowest BCUT2D eigenvalue weighted by atomic mass is 9.76. The number of rotatable bonds is 3. The number of carbonyl (C=O) groups excluding carboxylic acids is 1. The van der Waals surface area contributed by atoms with Gasteiger partial charge < -0.3 is 4.57 Å². The molecule has 0 saturated carbocycles. The van der Waals surface area contributed by atoms with E-state index in [2.05, 4.69) is 6.07 Å². The van der Waals surface area contributed by atoms with Gasteiger partial charge in [-0.3, -0.25) is 9.69 Å². The first-order valence-corrected chi connectivity index (χ1v) is 11.4. The minimum atomic E-state index is -4.60. The maximum Gasteiger partial charge on any atom is 0.418 e. The lowest BCUT2D eigenvalue weighted by Gasteiger charge is -2.41. The number of aromatic nitrogens is 1. The van der Waals surface area contributed by atoms with E-state index in [4.69, 9.17) is 0 Å². The first-order chi connectivity index (χ1) is 15.9. The van der Waals surface area contributed by atoms with E-state index in [-0.39, 0.29) is 17.0 Å². The summed E-state index contributed by atoms with van der Waals surface area (Å²) in [5.41, 5.74) is 1.09. The van der Waals surface area contributed by atoms with Gasteiger partial charge in [0.05, 0.1) is 28.8 Å². The minimum absolute atomic E-state index is 0.0904. The minimum Gasteiger partial charge on any atom is -0.309 e. The van der Waals surface area contributed by atoms with E-state index in [9.17, 15) is 23.2 Å². The van der Waals surface area contributed by atoms with Crippen LogP contribution in [0.4, 0.5) is 18.9 Å². The number of carbonyl (C=O) groups is 1. The van der Waals surface area contributed by atoms with Gasteiger partial charge in [0.1, 0.15) is 5.82 Å². The molecule has 0 radical (unpaired) electrons. The van der Waals surface area contributed by atoms with Crippen molar-refractivity contribution in [2.75, 3.05) is 4.90 Å². The number of halogens is 3. The van der Waals surface area contributed by atoms with Crippen molar-refractivity contribution in [1.82, 2.24) is 4.57 Å². The molecule has 1 aliphatic carbocycles. The number of para-hydroxylation sites is 1. The molecule has 0 N–H and O–H groups in total. The Morgan fingerprint density at radius 3 is 2.48 bits per heavy atom. The Hall–Kier alpha value is -3.57. The summed E-state index contributed by atoms with van der Waals surface area (Å²) in [4.78, 5) is 14.7. The van der Waals surface area contributed by atoms with Crippen molar-refractivity contribution in [2.24, 2.45) is 0 Å². The molecule has 33 heavy (non-hydrogen) atoms. The molecule has 4 nitrogen and oxygen atoms in total. The van der Waals surface area contributed by atoms with Crippen LogP contribution in [0.25, 0.3) is 5.82 Å². The Morgan fingerprint density at radius 1 is 1.06 bits per heavy atom. The van der Waals surface area contributed by atoms with Crippen LogP contribution in [0.3, 0.4) is 0 Å². The highest BCUT2D eigenvalue weighted by atomic mass is 32.1. The standard InChI is InChI=1S/C25H18F3N3OS/c26-25(27,28)18-6-1-2-7-19(18)31-20-8-5-9-21(32)23(20)22(16-10-13-33-15-16)17(14-29)24(31)30-11-3-4-12-30/h1-4,6-7,10-13,15,22H,5,8-9H2/t22-/m0/s1. The lowest BCUT2D eigenvalue weighted by molar-refractivity contribution is -0.137. The van der Waals surface area contributed by atoms with E-state index in [1.165, 1.54) is 28.4 Å². The van der Waals surface area contributed by atoms with Crippen LogP contribution in [0.1, 0.15) is 36.3 Å². The highest BCUT2D eigenvalue weighted by Gasteiger charge is 2.44. The molecule has 0 bridgehead atoms. The van der Waals surface area contributed by atoms with Crippen molar-refractivity contribution in [1.29, 1.82) is 5.26 Å². The van der Waals surface area contributed by atoms with E-state index in [0.29, 0.717) is 36.4 Å². The zero-order valence-electron chi connectivity index (χ0n) is 17.3. The quantitative estimate of drug-likeness (QED) is 0.440. The molecular weight excluding hydrogens is 447 g/mol. The smallest absolute Gasteiger partial charge is 0.309 e. The Bertz CT molecular complexity index is 1310. The largest absolute Gasteiger partial charge is 0.418 e. The van der Waals surface area contributed by atoms with E-state index < -0.39 is 17.7 Å². The fourth-order valence-electron chi connectivity index (χ4n) is 4.71. The Kier molecular flexibility index (Phi) is 5.22. The SMILES string of the molecule is N#CC1=C(n2cccc2)N(c2ccccc2C(F)(F)F)C2=C(C(=O)CCC2)[C@H]1c1ccsc1. The predicted octanol–water partition coefficient (Wildman–Crippen LogP) is 6.57. The summed E-state index contributed by atoms with van der Waals surface area (Å²) < 4.78 is 43.8. The van der Waals surface area contributed by atoms with Gasteiger partial charge in [-0.15, -0.1) is 0 Å². The predicted molar refractivity (Wildman–Crippen MR) is 120 cm³/mol. The topological polar surface area (TPSA) is 49.0 Å². The number of allylic oxidation sites excluding steroid dienone is 3. The number of Topliss-reactive ketones (excluding diaryl/α,β-unsaturated/α-hetero) is 1. The van der Waals surface area contributed by atoms with Crippen LogP contribution >= 0.6 is 11.3 Å². The third-order valence-electron chi connectivity index (χ3n) is 6.03. The van der Waals surface area contributed by atoms with Crippen LogP contribution in [-0.4, -0.2) is 10.4 Å². The molecule has 1 atom stereocenters. The summed E-state index contributed by atoms with van der Waals surface area (Å²) in [5, 5.41) is 14.1. The van der Waals surface area contributed by atoms with Gasteiger partial charge in [-0.05, 0) is 59.5 Å². The van der Waals surface area contributed by atoms with Crippen LogP contribution in [0.15, 0.2) is 82.5 Å². The third-order valence-corrected chi connectivity index (χ3v) is 6.73. The molecule has 0 saturated heterocycles. The van der Waals surface area contributed by atoms with E-state index in [0.717, 1.165) is 11.6 Å². The molecule has 1 aliphatic heterocycles. The number of hydrogen-bond acceptors (Lipinski definition) is 4. The Labute approximate surface area is 192 Å². The van der Waals surface area contributed by atoms with Crippen LogP contribution in [0, 0.1) is 11.3 Å². The molecule has 3 aromatic rings. The van der Waals surface area contributed by atoms with Gasteiger partial charge >= 0.3 is 6.18 Å². The number of nitrogens with zero attached hydrogens (tertiary/aromatic N) is 3. The fraction of sp³-hybridized carbons (Fsp3) is 0.200. The zero-order valence-corrected chi connectivity index (χ0v) is 18.2. The van der Waals surface area contributed by atoms with Gasteiger partial charge in [-0.25, -0.2) is 0 Å². The van der Waals surface area contributed by atoms with Crippen molar-refractivity contribution in [3.05, 3.63) is 93.6 Å². The number of benzene rings is 1. The second-order valence-electron chi connectivity index (χ2n) is 7.92. The second kappa shape index (κ2) is 8.09. The Balaban J connectivity index is 1.88. The van der Waals surface area contributed by atoms with Crippen LogP contribution in [0.2, 0.25) is 0 Å². The Morgan fingerprint density at radius 2 is 1.82 bits per heavy atom. The monoisotopic (exact) mass is 465 g/mol. The lowest BCUT2D eigenvalue weighted by Crippen LogP contribution is -2.37. The molecule has 3 heterocycles. The summed E-state index contributed by atoms with van der Waals surface area (Å²) >= 11 is 1.45. The number of hydrogen-bond donors (Lipinski definition) is 0. The van der Waals surface area contributed by atoms with Gasteiger partial charge in [0, 0.05) is 30.1 Å². The van der Waals surface area contributed by atoms with Gasteiger partial charge in [0.2, 0.25) is 0 Å². The zero-order chi connectivity index (χ0) is 23.2. The molecule has 2 aromatic heterocycles. The molecule has 5 rings (SSSR count). The molecule has 0 amide bonds. The van der Waals surface area contributed by atoms with Gasteiger partial charge in [-0.2, -0.15) is 29.8 Å². The fourth-order valence-corrected chi connectivity index (χ4v) is 5.40. The highest BCUT2D eigenvalue weighted by molar-refractivity contribution is 7.08. The average Bonchev–Trinajstić information content (AvgIpc) is 3.51. The summed E-state index contributed by atoms with van der Waals surface area (Å²) in [6.45, 7) is 0. The molecular formula is C25H18F3N3OS. The number of anilines is 1. The normalized spacial score (nSPS) is 19.0. The van der Waals surface area contributed by atoms with E-state index in [1.54, 1.807) is 35.2 Å². The van der Waals surface area contributed by atoms with Crippen LogP contribution in [-0.2, 0) is 11.0 Å². The maximum absolute atomic E-state index is 14.1. The molecule has 0 spiro atoms. The van der Waals surface area contributed by atoms with Crippen LogP contribution < -0.4 is 4.90 Å². The molecule has 2 aliphatic rings. The second-order valence-corrected chi connectivity index (χ2v) is 8.70. The maximum atomic E-state index is 14.1. The van der Waals surface area contributed by atoms with Gasteiger partial charge in [0.15, 0.2) is 5.78 Å². The van der Waals surface area contributed by atoms with Gasteiger partial charge in [0.25, 0.3) is 0 Å². The van der Waals surface area contributed by atoms with Crippen molar-refractivity contribution in [3.63, 3.8) is 0 Å². The highest BCUT2D eigenvalue weighted by Crippen LogP contribution is 2.50. The summed E-state index contributed by atoms with van der Waals surface area (Å²) in [6, 6.07) is 12.9. The first kappa shape index (κ1) is 21.3. The molecule has 0 fully saturated rings. The molecule has 0 unspecified atom stereocenters. The van der Waals surface area contributed by atoms with E-state index in [1.807, 2.05) is 16.8 Å². The van der Waals surface area contributed by atoms with Gasteiger partial charge in [-0.1, -0.05) is 12.1 Å². The number of ketones is 1. The molecule has 8 heteroatoms. The van der Waals surface area contributed by atoms with Crippen molar-refractivity contribution in [2.45, 2.75) is 31.4 Å². The van der Waals surface area contributed by atoms with E-state index >= 15 is 0 Å². The molecule has 166 valence electrons. The number of nitriles is 1. The number of alkyl halides is 3. The summed E-state index contributed by atoms with van der Waals surface area (Å²) in [5.74, 6) is -0.416. The third kappa shape index (κ3) is 3.49.